The second kappa shape index (κ2) is 6.43. The van der Waals surface area contributed by atoms with E-state index < -0.39 is 6.10 Å². The van der Waals surface area contributed by atoms with E-state index in [2.05, 4.69) is 10.6 Å². The van der Waals surface area contributed by atoms with Gasteiger partial charge in [-0.05, 0) is 38.5 Å². The summed E-state index contributed by atoms with van der Waals surface area (Å²) >= 11 is 0. The first-order chi connectivity index (χ1) is 8.81. The zero-order chi connectivity index (χ0) is 14.5. The van der Waals surface area contributed by atoms with Crippen LogP contribution in [0.1, 0.15) is 32.4 Å². The number of carbonyl (C=O) groups excluding carboxylic acids is 1. The first-order valence-electron chi connectivity index (χ1n) is 6.20. The molecule has 0 bridgehead atoms. The third kappa shape index (κ3) is 5.61. The van der Waals surface area contributed by atoms with Crippen LogP contribution < -0.4 is 15.4 Å². The van der Waals surface area contributed by atoms with Crippen LogP contribution in [0.2, 0.25) is 0 Å². The highest BCUT2D eigenvalue weighted by Crippen LogP contribution is 2.16. The lowest BCUT2D eigenvalue weighted by Gasteiger charge is -2.21. The number of aliphatic hydroxyl groups excluding tert-OH is 1. The van der Waals surface area contributed by atoms with Gasteiger partial charge in [0.1, 0.15) is 5.75 Å². The molecular weight excluding hydrogens is 244 g/mol. The highest BCUT2D eigenvalue weighted by Gasteiger charge is 2.15. The molecule has 106 valence electrons. The molecule has 1 aromatic carbocycles. The van der Waals surface area contributed by atoms with E-state index in [1.165, 1.54) is 0 Å². The second-order valence-electron chi connectivity index (χ2n) is 5.37. The van der Waals surface area contributed by atoms with Crippen LogP contribution in [0.5, 0.6) is 5.75 Å². The van der Waals surface area contributed by atoms with Gasteiger partial charge in [-0.15, -0.1) is 0 Å². The van der Waals surface area contributed by atoms with E-state index in [4.69, 9.17) is 4.74 Å². The van der Waals surface area contributed by atoms with Crippen molar-refractivity contribution < 1.29 is 14.6 Å². The van der Waals surface area contributed by atoms with Crippen molar-refractivity contribution in [1.82, 2.24) is 10.6 Å². The molecule has 0 aliphatic carbocycles. The van der Waals surface area contributed by atoms with E-state index in [1.807, 2.05) is 20.8 Å². The maximum absolute atomic E-state index is 11.5. The van der Waals surface area contributed by atoms with E-state index in [-0.39, 0.29) is 18.1 Å². The number of benzene rings is 1. The van der Waals surface area contributed by atoms with Crippen molar-refractivity contribution in [1.29, 1.82) is 0 Å². The van der Waals surface area contributed by atoms with Gasteiger partial charge in [-0.2, -0.15) is 0 Å². The van der Waals surface area contributed by atoms with Crippen LogP contribution in [0.15, 0.2) is 24.3 Å². The Hall–Kier alpha value is -1.75. The van der Waals surface area contributed by atoms with Crippen LogP contribution in [-0.4, -0.2) is 30.3 Å². The topological polar surface area (TPSA) is 70.6 Å². The van der Waals surface area contributed by atoms with Gasteiger partial charge in [0, 0.05) is 12.1 Å². The molecule has 0 fully saturated rings. The fraction of sp³-hybridized carbons (Fsp3) is 0.500. The molecule has 0 saturated carbocycles. The molecule has 5 heteroatoms. The summed E-state index contributed by atoms with van der Waals surface area (Å²) in [6, 6.07) is 6.79. The van der Waals surface area contributed by atoms with E-state index >= 15 is 0 Å². The largest absolute Gasteiger partial charge is 0.497 e. The van der Waals surface area contributed by atoms with Crippen LogP contribution >= 0.6 is 0 Å². The van der Waals surface area contributed by atoms with Gasteiger partial charge in [0.15, 0.2) is 0 Å². The van der Waals surface area contributed by atoms with Gasteiger partial charge in [-0.1, -0.05) is 12.1 Å². The smallest absolute Gasteiger partial charge is 0.315 e. The molecule has 0 aliphatic heterocycles. The van der Waals surface area contributed by atoms with E-state index in [9.17, 15) is 9.90 Å². The van der Waals surface area contributed by atoms with Crippen LogP contribution in [0.3, 0.4) is 0 Å². The first-order valence-corrected chi connectivity index (χ1v) is 6.20. The van der Waals surface area contributed by atoms with Crippen LogP contribution in [0, 0.1) is 0 Å². The Labute approximate surface area is 114 Å². The number of hydrogen-bond acceptors (Lipinski definition) is 3. The number of hydrogen-bond donors (Lipinski definition) is 3. The zero-order valence-electron chi connectivity index (χ0n) is 11.9. The quantitative estimate of drug-likeness (QED) is 0.778. The second-order valence-corrected chi connectivity index (χ2v) is 5.37. The van der Waals surface area contributed by atoms with Crippen molar-refractivity contribution in [2.24, 2.45) is 0 Å². The van der Waals surface area contributed by atoms with E-state index in [0.717, 1.165) is 11.3 Å². The van der Waals surface area contributed by atoms with Gasteiger partial charge in [0.05, 0.1) is 13.2 Å². The molecule has 1 rings (SSSR count). The molecule has 1 atom stereocenters. The molecule has 0 radical (unpaired) electrons. The fourth-order valence-corrected chi connectivity index (χ4v) is 1.52. The number of nitrogens with one attached hydrogen (secondary N) is 2. The average Bonchev–Trinajstić information content (AvgIpc) is 2.34. The Morgan fingerprint density at radius 1 is 1.32 bits per heavy atom. The molecule has 19 heavy (non-hydrogen) atoms. The fourth-order valence-electron chi connectivity index (χ4n) is 1.52. The summed E-state index contributed by atoms with van der Waals surface area (Å²) in [5.74, 6) is 0.731. The number of rotatable bonds is 4. The lowest BCUT2D eigenvalue weighted by molar-refractivity contribution is 0.171. The Bertz CT molecular complexity index is 410. The van der Waals surface area contributed by atoms with Gasteiger partial charge in [0.25, 0.3) is 0 Å². The monoisotopic (exact) mass is 266 g/mol. The van der Waals surface area contributed by atoms with Gasteiger partial charge in [-0.3, -0.25) is 0 Å². The number of methoxy groups -OCH3 is 1. The number of urea groups is 1. The van der Waals surface area contributed by atoms with Crippen molar-refractivity contribution in [3.63, 3.8) is 0 Å². The maximum Gasteiger partial charge on any atom is 0.315 e. The summed E-state index contributed by atoms with van der Waals surface area (Å²) in [5.41, 5.74) is 0.437. The van der Waals surface area contributed by atoms with Crippen molar-refractivity contribution >= 4 is 6.03 Å². The van der Waals surface area contributed by atoms with Gasteiger partial charge < -0.3 is 20.5 Å². The Morgan fingerprint density at radius 2 is 1.89 bits per heavy atom. The summed E-state index contributed by atoms with van der Waals surface area (Å²) in [6.07, 6.45) is -0.739. The summed E-state index contributed by atoms with van der Waals surface area (Å²) in [4.78, 5) is 11.5. The molecule has 2 amide bonds. The molecule has 1 aromatic rings. The van der Waals surface area contributed by atoms with Crippen molar-refractivity contribution in [2.75, 3.05) is 13.7 Å². The van der Waals surface area contributed by atoms with Crippen LogP contribution in [0.4, 0.5) is 4.79 Å². The number of aliphatic hydroxyl groups is 1. The number of ether oxygens (including phenoxy) is 1. The predicted octanol–water partition coefficient (Wildman–Crippen LogP) is 1.83. The third-order valence-electron chi connectivity index (χ3n) is 2.45. The molecule has 0 aromatic heterocycles. The molecule has 0 spiro atoms. The predicted molar refractivity (Wildman–Crippen MR) is 74.2 cm³/mol. The summed E-state index contributed by atoms with van der Waals surface area (Å²) in [5, 5.41) is 15.3. The number of amides is 2. The van der Waals surface area contributed by atoms with Crippen LogP contribution in [-0.2, 0) is 0 Å². The molecule has 5 nitrogen and oxygen atoms in total. The minimum absolute atomic E-state index is 0.161. The molecule has 1 unspecified atom stereocenters. The maximum atomic E-state index is 11.5. The van der Waals surface area contributed by atoms with Crippen molar-refractivity contribution in [3.8, 4) is 5.75 Å². The van der Waals surface area contributed by atoms with Crippen molar-refractivity contribution in [2.45, 2.75) is 32.4 Å². The van der Waals surface area contributed by atoms with Crippen molar-refractivity contribution in [3.05, 3.63) is 29.8 Å². The molecule has 0 aliphatic rings. The Kier molecular flexibility index (Phi) is 5.18. The molecule has 0 saturated heterocycles. The Morgan fingerprint density at radius 3 is 2.37 bits per heavy atom. The van der Waals surface area contributed by atoms with Crippen LogP contribution in [0.25, 0.3) is 0 Å². The first kappa shape index (κ1) is 15.3. The lowest BCUT2D eigenvalue weighted by atomic mass is 10.1. The third-order valence-corrected chi connectivity index (χ3v) is 2.45. The highest BCUT2D eigenvalue weighted by molar-refractivity contribution is 5.74. The molecule has 0 heterocycles. The van der Waals surface area contributed by atoms with Gasteiger partial charge in [-0.25, -0.2) is 4.79 Å². The summed E-state index contributed by atoms with van der Waals surface area (Å²) in [6.45, 7) is 5.85. The minimum atomic E-state index is -0.739. The highest BCUT2D eigenvalue weighted by atomic mass is 16.5. The van der Waals surface area contributed by atoms with E-state index in [0.29, 0.717) is 0 Å². The molecular formula is C14H22N2O3. The van der Waals surface area contributed by atoms with Gasteiger partial charge >= 0.3 is 6.03 Å². The SMILES string of the molecule is COc1ccc(C(O)CNC(=O)NC(C)(C)C)cc1. The number of carbonyl (C=O) groups is 1. The normalized spacial score (nSPS) is 12.7. The summed E-state index contributed by atoms with van der Waals surface area (Å²) in [7, 11) is 1.59. The van der Waals surface area contributed by atoms with Gasteiger partial charge in [0.2, 0.25) is 0 Å². The lowest BCUT2D eigenvalue weighted by Crippen LogP contribution is -2.47. The summed E-state index contributed by atoms with van der Waals surface area (Å²) < 4.78 is 5.04. The Balaban J connectivity index is 2.46. The standard InChI is InChI=1S/C14H22N2O3/c1-14(2,3)16-13(18)15-9-12(17)10-5-7-11(19-4)8-6-10/h5-8,12,17H,9H2,1-4H3,(H2,15,16,18). The minimum Gasteiger partial charge on any atom is -0.497 e. The molecule has 3 N–H and O–H groups in total. The van der Waals surface area contributed by atoms with E-state index in [1.54, 1.807) is 31.4 Å². The zero-order valence-corrected chi connectivity index (χ0v) is 11.9. The average molecular weight is 266 g/mol.